The molecule has 2 rings (SSSR count). The van der Waals surface area contributed by atoms with Gasteiger partial charge in [0.25, 0.3) is 0 Å². The van der Waals surface area contributed by atoms with Crippen molar-refractivity contribution in [2.75, 3.05) is 26.7 Å². The molecule has 120 valence electrons. The summed E-state index contributed by atoms with van der Waals surface area (Å²) in [5, 5.41) is 0. The van der Waals surface area contributed by atoms with Gasteiger partial charge in [0.05, 0.1) is 0 Å². The van der Waals surface area contributed by atoms with Crippen LogP contribution in [0.2, 0.25) is 0 Å². The van der Waals surface area contributed by atoms with Crippen molar-refractivity contribution in [3.63, 3.8) is 0 Å². The van der Waals surface area contributed by atoms with Crippen LogP contribution in [-0.4, -0.2) is 40.0 Å². The number of hydrogen-bond donors (Lipinski definition) is 2. The molecule has 0 aromatic carbocycles. The average Bonchev–Trinajstić information content (AvgIpc) is 2.83. The van der Waals surface area contributed by atoms with E-state index in [1.54, 1.807) is 6.07 Å². The summed E-state index contributed by atoms with van der Waals surface area (Å²) < 4.78 is 28.0. The van der Waals surface area contributed by atoms with E-state index in [0.717, 1.165) is 36.4 Å². The van der Waals surface area contributed by atoms with E-state index in [1.165, 1.54) is 11.3 Å². The molecular weight excluding hydrogens is 306 g/mol. The van der Waals surface area contributed by atoms with Crippen molar-refractivity contribution >= 4 is 21.4 Å². The molecule has 1 aromatic rings. The maximum absolute atomic E-state index is 12.4. The van der Waals surface area contributed by atoms with Gasteiger partial charge in [-0.1, -0.05) is 6.92 Å². The van der Waals surface area contributed by atoms with Crippen molar-refractivity contribution in [2.24, 2.45) is 11.1 Å². The van der Waals surface area contributed by atoms with Gasteiger partial charge in [0.2, 0.25) is 10.0 Å². The standard InChI is InChI=1S/C14H25N3O2S2/c1-11-8-13(20-12(11)9-15)21(18,19)16-10-14(2)4-6-17(3)7-5-14/h8,16H,4-7,9-10,15H2,1-3H3. The molecule has 0 saturated carbocycles. The first kappa shape index (κ1) is 16.9. The average molecular weight is 332 g/mol. The summed E-state index contributed by atoms with van der Waals surface area (Å²) in [5.74, 6) is 0. The summed E-state index contributed by atoms with van der Waals surface area (Å²) in [6, 6.07) is 1.71. The van der Waals surface area contributed by atoms with Gasteiger partial charge in [0.1, 0.15) is 4.21 Å². The number of likely N-dealkylation sites (tertiary alicyclic amines) is 1. The molecule has 5 nitrogen and oxygen atoms in total. The van der Waals surface area contributed by atoms with Gasteiger partial charge in [-0.3, -0.25) is 0 Å². The molecule has 0 unspecified atom stereocenters. The van der Waals surface area contributed by atoms with Crippen molar-refractivity contribution in [1.82, 2.24) is 9.62 Å². The maximum Gasteiger partial charge on any atom is 0.250 e. The van der Waals surface area contributed by atoms with Crippen LogP contribution in [0.3, 0.4) is 0 Å². The number of sulfonamides is 1. The van der Waals surface area contributed by atoms with Crippen LogP contribution in [0, 0.1) is 12.3 Å². The second-order valence-electron chi connectivity index (χ2n) is 6.31. The Kier molecular flexibility index (Phi) is 5.10. The van der Waals surface area contributed by atoms with Gasteiger partial charge in [-0.2, -0.15) is 0 Å². The molecule has 0 atom stereocenters. The highest BCUT2D eigenvalue weighted by molar-refractivity contribution is 7.91. The van der Waals surface area contributed by atoms with Gasteiger partial charge >= 0.3 is 0 Å². The molecule has 3 N–H and O–H groups in total. The van der Waals surface area contributed by atoms with E-state index < -0.39 is 10.0 Å². The number of nitrogens with two attached hydrogens (primary N) is 1. The second-order valence-corrected chi connectivity index (χ2v) is 9.44. The van der Waals surface area contributed by atoms with Gasteiger partial charge in [0, 0.05) is 18.0 Å². The Bertz CT molecular complexity index is 587. The highest BCUT2D eigenvalue weighted by atomic mass is 32.2. The lowest BCUT2D eigenvalue weighted by molar-refractivity contribution is 0.143. The minimum Gasteiger partial charge on any atom is -0.326 e. The zero-order valence-corrected chi connectivity index (χ0v) is 14.6. The van der Waals surface area contributed by atoms with Crippen LogP contribution in [0.1, 0.15) is 30.2 Å². The molecule has 0 amide bonds. The summed E-state index contributed by atoms with van der Waals surface area (Å²) in [6.07, 6.45) is 2.03. The van der Waals surface area contributed by atoms with Gasteiger partial charge < -0.3 is 10.6 Å². The predicted molar refractivity (Wildman–Crippen MR) is 87.0 cm³/mol. The quantitative estimate of drug-likeness (QED) is 0.858. The summed E-state index contributed by atoms with van der Waals surface area (Å²) >= 11 is 1.27. The number of nitrogens with zero attached hydrogens (tertiary/aromatic N) is 1. The number of rotatable bonds is 5. The lowest BCUT2D eigenvalue weighted by Crippen LogP contribution is -2.43. The van der Waals surface area contributed by atoms with Gasteiger partial charge in [0.15, 0.2) is 0 Å². The minimum atomic E-state index is -3.42. The van der Waals surface area contributed by atoms with Crippen molar-refractivity contribution in [1.29, 1.82) is 0 Å². The Balaban J connectivity index is 2.04. The third kappa shape index (κ3) is 4.04. The monoisotopic (exact) mass is 331 g/mol. The molecule has 0 spiro atoms. The Hall–Kier alpha value is -0.470. The molecule has 1 aliphatic heterocycles. The second kappa shape index (κ2) is 6.34. The predicted octanol–water partition coefficient (Wildman–Crippen LogP) is 1.53. The molecular formula is C14H25N3O2S2. The summed E-state index contributed by atoms with van der Waals surface area (Å²) in [5.41, 5.74) is 6.62. The molecule has 1 saturated heterocycles. The minimum absolute atomic E-state index is 0.0442. The zero-order chi connectivity index (χ0) is 15.7. The lowest BCUT2D eigenvalue weighted by Gasteiger charge is -2.37. The first-order chi connectivity index (χ1) is 9.76. The van der Waals surface area contributed by atoms with Crippen LogP contribution in [0.15, 0.2) is 10.3 Å². The van der Waals surface area contributed by atoms with Gasteiger partial charge in [-0.15, -0.1) is 11.3 Å². The topological polar surface area (TPSA) is 75.4 Å². The van der Waals surface area contributed by atoms with Crippen LogP contribution in [0.25, 0.3) is 0 Å². The van der Waals surface area contributed by atoms with Gasteiger partial charge in [-0.25, -0.2) is 13.1 Å². The van der Waals surface area contributed by atoms with Crippen LogP contribution in [0.5, 0.6) is 0 Å². The number of hydrogen-bond acceptors (Lipinski definition) is 5. The Morgan fingerprint density at radius 3 is 2.57 bits per heavy atom. The van der Waals surface area contributed by atoms with E-state index in [2.05, 4.69) is 23.6 Å². The lowest BCUT2D eigenvalue weighted by atomic mass is 9.81. The summed E-state index contributed by atoms with van der Waals surface area (Å²) in [6.45, 7) is 6.99. The van der Waals surface area contributed by atoms with Crippen LogP contribution in [0.4, 0.5) is 0 Å². The first-order valence-electron chi connectivity index (χ1n) is 7.23. The Labute approximate surface area is 131 Å². The molecule has 2 heterocycles. The maximum atomic E-state index is 12.4. The highest BCUT2D eigenvalue weighted by Gasteiger charge is 2.31. The van der Waals surface area contributed by atoms with Crippen molar-refractivity contribution in [2.45, 2.75) is 37.4 Å². The fourth-order valence-electron chi connectivity index (χ4n) is 2.50. The number of aryl methyl sites for hydroxylation is 1. The molecule has 1 aromatic heterocycles. The Morgan fingerprint density at radius 1 is 1.43 bits per heavy atom. The zero-order valence-electron chi connectivity index (χ0n) is 13.0. The van der Waals surface area contributed by atoms with E-state index in [-0.39, 0.29) is 5.41 Å². The summed E-state index contributed by atoms with van der Waals surface area (Å²) in [7, 11) is -1.32. The fraction of sp³-hybridized carbons (Fsp3) is 0.714. The Morgan fingerprint density at radius 2 is 2.05 bits per heavy atom. The normalized spacial score (nSPS) is 19.8. The van der Waals surface area contributed by atoms with E-state index >= 15 is 0 Å². The molecule has 1 aliphatic rings. The molecule has 21 heavy (non-hydrogen) atoms. The molecule has 7 heteroatoms. The third-order valence-electron chi connectivity index (χ3n) is 4.33. The number of thiophene rings is 1. The van der Waals surface area contributed by atoms with Crippen molar-refractivity contribution < 1.29 is 8.42 Å². The van der Waals surface area contributed by atoms with Crippen molar-refractivity contribution in [3.8, 4) is 0 Å². The largest absolute Gasteiger partial charge is 0.326 e. The first-order valence-corrected chi connectivity index (χ1v) is 9.53. The molecule has 0 bridgehead atoms. The number of nitrogens with one attached hydrogen (secondary N) is 1. The van der Waals surface area contributed by atoms with E-state index in [0.29, 0.717) is 17.3 Å². The smallest absolute Gasteiger partial charge is 0.250 e. The SMILES string of the molecule is Cc1cc(S(=O)(=O)NCC2(C)CCN(C)CC2)sc1CN. The third-order valence-corrected chi connectivity index (χ3v) is 7.47. The molecule has 0 aliphatic carbocycles. The van der Waals surface area contributed by atoms with Gasteiger partial charge in [-0.05, 0) is 56.9 Å². The molecule has 0 radical (unpaired) electrons. The van der Waals surface area contributed by atoms with Crippen LogP contribution < -0.4 is 10.5 Å². The van der Waals surface area contributed by atoms with Crippen LogP contribution in [-0.2, 0) is 16.6 Å². The van der Waals surface area contributed by atoms with Crippen molar-refractivity contribution in [3.05, 3.63) is 16.5 Å². The molecule has 1 fully saturated rings. The highest BCUT2D eigenvalue weighted by Crippen LogP contribution is 2.31. The van der Waals surface area contributed by atoms with E-state index in [9.17, 15) is 8.42 Å². The number of piperidine rings is 1. The summed E-state index contributed by atoms with van der Waals surface area (Å²) in [4.78, 5) is 3.22. The van der Waals surface area contributed by atoms with Crippen LogP contribution >= 0.6 is 11.3 Å². The fourth-order valence-corrected chi connectivity index (χ4v) is 5.21. The van der Waals surface area contributed by atoms with E-state index in [1.807, 2.05) is 6.92 Å². The van der Waals surface area contributed by atoms with E-state index in [4.69, 9.17) is 5.73 Å².